The van der Waals surface area contributed by atoms with E-state index in [1.54, 1.807) is 0 Å². The van der Waals surface area contributed by atoms with Crippen LogP contribution in [0, 0.1) is 19.8 Å². The Morgan fingerprint density at radius 2 is 1.85 bits per heavy atom. The molecular formula is C19H31N. The topological polar surface area (TPSA) is 12.0 Å². The number of rotatable bonds is 6. The van der Waals surface area contributed by atoms with Crippen molar-refractivity contribution in [3.8, 4) is 0 Å². The molecule has 1 fully saturated rings. The lowest BCUT2D eigenvalue weighted by atomic mass is 9.84. The van der Waals surface area contributed by atoms with Crippen LogP contribution in [0.4, 0.5) is 0 Å². The highest BCUT2D eigenvalue weighted by molar-refractivity contribution is 5.30. The van der Waals surface area contributed by atoms with Crippen LogP contribution in [0.1, 0.15) is 61.6 Å². The summed E-state index contributed by atoms with van der Waals surface area (Å²) in [5.74, 6) is 0.999. The van der Waals surface area contributed by atoms with Crippen molar-refractivity contribution >= 4 is 0 Å². The second-order valence-corrected chi connectivity index (χ2v) is 6.69. The lowest BCUT2D eigenvalue weighted by Gasteiger charge is -2.24. The van der Waals surface area contributed by atoms with E-state index in [0.29, 0.717) is 6.04 Å². The Morgan fingerprint density at radius 3 is 2.50 bits per heavy atom. The normalized spacial score (nSPS) is 18.1. The first-order chi connectivity index (χ1) is 9.69. The van der Waals surface area contributed by atoms with Crippen LogP contribution in [0.3, 0.4) is 0 Å². The Kier molecular flexibility index (Phi) is 6.09. The van der Waals surface area contributed by atoms with Gasteiger partial charge < -0.3 is 5.32 Å². The maximum absolute atomic E-state index is 3.52. The summed E-state index contributed by atoms with van der Waals surface area (Å²) in [6, 6.07) is 7.56. The fraction of sp³-hybridized carbons (Fsp3) is 0.684. The zero-order valence-electron chi connectivity index (χ0n) is 13.5. The summed E-state index contributed by atoms with van der Waals surface area (Å²) < 4.78 is 0. The lowest BCUT2D eigenvalue weighted by Crippen LogP contribution is -2.28. The zero-order valence-corrected chi connectivity index (χ0v) is 13.5. The fourth-order valence-electron chi connectivity index (χ4n) is 3.48. The summed E-state index contributed by atoms with van der Waals surface area (Å²) in [4.78, 5) is 0. The van der Waals surface area contributed by atoms with E-state index in [0.717, 1.165) is 5.92 Å². The molecule has 1 saturated carbocycles. The van der Waals surface area contributed by atoms with Gasteiger partial charge in [0.25, 0.3) is 0 Å². The molecule has 20 heavy (non-hydrogen) atoms. The number of likely N-dealkylation sites (N-methyl/N-ethyl adjacent to an activating group) is 1. The quantitative estimate of drug-likeness (QED) is 0.785. The van der Waals surface area contributed by atoms with E-state index >= 15 is 0 Å². The SMILES string of the molecule is CNC(CCC1CCCCC1)Cc1ccc(C)c(C)c1. The molecule has 0 aliphatic heterocycles. The second kappa shape index (κ2) is 7.83. The summed E-state index contributed by atoms with van der Waals surface area (Å²) in [6.07, 6.45) is 11.3. The minimum atomic E-state index is 0.638. The Hall–Kier alpha value is -0.820. The summed E-state index contributed by atoms with van der Waals surface area (Å²) in [7, 11) is 2.12. The summed E-state index contributed by atoms with van der Waals surface area (Å²) in [5.41, 5.74) is 4.30. The van der Waals surface area contributed by atoms with Gasteiger partial charge in [-0.2, -0.15) is 0 Å². The van der Waals surface area contributed by atoms with Gasteiger partial charge in [-0.15, -0.1) is 0 Å². The molecule has 0 saturated heterocycles. The number of nitrogens with one attached hydrogen (secondary N) is 1. The molecule has 1 aromatic rings. The highest BCUT2D eigenvalue weighted by Gasteiger charge is 2.16. The van der Waals surface area contributed by atoms with Gasteiger partial charge in [-0.05, 0) is 62.8 Å². The van der Waals surface area contributed by atoms with Gasteiger partial charge >= 0.3 is 0 Å². The maximum atomic E-state index is 3.52. The average molecular weight is 273 g/mol. The van der Waals surface area contributed by atoms with Crippen molar-refractivity contribution in [3.63, 3.8) is 0 Å². The van der Waals surface area contributed by atoms with Gasteiger partial charge in [-0.25, -0.2) is 0 Å². The standard InChI is InChI=1S/C19H31N/c1-15-9-10-18(13-16(15)2)14-19(20-3)12-11-17-7-5-4-6-8-17/h9-10,13,17,19-20H,4-8,11-12,14H2,1-3H3. The Bertz CT molecular complexity index is 404. The van der Waals surface area contributed by atoms with Crippen LogP contribution in [-0.2, 0) is 6.42 Å². The molecule has 0 bridgehead atoms. The molecule has 0 amide bonds. The van der Waals surface area contributed by atoms with Gasteiger partial charge in [-0.3, -0.25) is 0 Å². The smallest absolute Gasteiger partial charge is 0.0105 e. The largest absolute Gasteiger partial charge is 0.317 e. The first-order valence-corrected chi connectivity index (χ1v) is 8.42. The average Bonchev–Trinajstić information content (AvgIpc) is 2.48. The zero-order chi connectivity index (χ0) is 14.4. The molecule has 1 aliphatic carbocycles. The van der Waals surface area contributed by atoms with Crippen LogP contribution in [0.25, 0.3) is 0 Å². The lowest BCUT2D eigenvalue weighted by molar-refractivity contribution is 0.316. The molecule has 2 rings (SSSR count). The molecule has 1 heteroatoms. The highest BCUT2D eigenvalue weighted by atomic mass is 14.9. The highest BCUT2D eigenvalue weighted by Crippen LogP contribution is 2.28. The summed E-state index contributed by atoms with van der Waals surface area (Å²) >= 11 is 0. The third kappa shape index (κ3) is 4.63. The first kappa shape index (κ1) is 15.6. The summed E-state index contributed by atoms with van der Waals surface area (Å²) in [5, 5.41) is 3.52. The van der Waals surface area contributed by atoms with E-state index in [4.69, 9.17) is 0 Å². The number of aryl methyl sites for hydroxylation is 2. The molecule has 1 unspecified atom stereocenters. The third-order valence-corrected chi connectivity index (χ3v) is 5.11. The van der Waals surface area contributed by atoms with E-state index < -0.39 is 0 Å². The molecule has 1 aliphatic rings. The molecule has 1 atom stereocenters. The Morgan fingerprint density at radius 1 is 1.10 bits per heavy atom. The minimum absolute atomic E-state index is 0.638. The maximum Gasteiger partial charge on any atom is 0.0105 e. The number of hydrogen-bond acceptors (Lipinski definition) is 1. The van der Waals surface area contributed by atoms with Gasteiger partial charge in [0.2, 0.25) is 0 Å². The molecule has 0 radical (unpaired) electrons. The molecule has 1 aromatic carbocycles. The van der Waals surface area contributed by atoms with Crippen molar-refractivity contribution in [2.45, 2.75) is 71.3 Å². The predicted molar refractivity (Wildman–Crippen MR) is 88.3 cm³/mol. The van der Waals surface area contributed by atoms with Gasteiger partial charge in [0.1, 0.15) is 0 Å². The Labute approximate surface area is 125 Å². The Balaban J connectivity index is 1.83. The van der Waals surface area contributed by atoms with Crippen molar-refractivity contribution < 1.29 is 0 Å². The molecule has 0 spiro atoms. The van der Waals surface area contributed by atoms with Crippen molar-refractivity contribution in [3.05, 3.63) is 34.9 Å². The van der Waals surface area contributed by atoms with Crippen LogP contribution in [-0.4, -0.2) is 13.1 Å². The van der Waals surface area contributed by atoms with Crippen LogP contribution >= 0.6 is 0 Å². The second-order valence-electron chi connectivity index (χ2n) is 6.69. The van der Waals surface area contributed by atoms with E-state index in [9.17, 15) is 0 Å². The van der Waals surface area contributed by atoms with Crippen LogP contribution in [0.2, 0.25) is 0 Å². The van der Waals surface area contributed by atoms with Crippen molar-refractivity contribution in [1.29, 1.82) is 0 Å². The van der Waals surface area contributed by atoms with E-state index in [1.165, 1.54) is 68.1 Å². The minimum Gasteiger partial charge on any atom is -0.317 e. The third-order valence-electron chi connectivity index (χ3n) is 5.11. The molecule has 112 valence electrons. The molecule has 1 N–H and O–H groups in total. The van der Waals surface area contributed by atoms with Crippen LogP contribution in [0.5, 0.6) is 0 Å². The van der Waals surface area contributed by atoms with Crippen molar-refractivity contribution in [2.24, 2.45) is 5.92 Å². The fourth-order valence-corrected chi connectivity index (χ4v) is 3.48. The van der Waals surface area contributed by atoms with E-state index in [2.05, 4.69) is 44.4 Å². The monoisotopic (exact) mass is 273 g/mol. The van der Waals surface area contributed by atoms with Gasteiger partial charge in [-0.1, -0.05) is 50.3 Å². The molecule has 0 heterocycles. The van der Waals surface area contributed by atoms with Crippen LogP contribution < -0.4 is 5.32 Å². The van der Waals surface area contributed by atoms with Crippen molar-refractivity contribution in [1.82, 2.24) is 5.32 Å². The van der Waals surface area contributed by atoms with Crippen LogP contribution in [0.15, 0.2) is 18.2 Å². The number of benzene rings is 1. The van der Waals surface area contributed by atoms with Gasteiger partial charge in [0.05, 0.1) is 0 Å². The van der Waals surface area contributed by atoms with E-state index in [-0.39, 0.29) is 0 Å². The molecular weight excluding hydrogens is 242 g/mol. The summed E-state index contributed by atoms with van der Waals surface area (Å²) in [6.45, 7) is 4.41. The van der Waals surface area contributed by atoms with E-state index in [1.807, 2.05) is 0 Å². The van der Waals surface area contributed by atoms with Crippen molar-refractivity contribution in [2.75, 3.05) is 7.05 Å². The predicted octanol–water partition coefficient (Wildman–Crippen LogP) is 4.79. The first-order valence-electron chi connectivity index (χ1n) is 8.42. The number of hydrogen-bond donors (Lipinski definition) is 1. The van der Waals surface area contributed by atoms with Gasteiger partial charge in [0, 0.05) is 6.04 Å². The molecule has 1 nitrogen and oxygen atoms in total. The molecule has 0 aromatic heterocycles. The van der Waals surface area contributed by atoms with Gasteiger partial charge in [0.15, 0.2) is 0 Å².